The first-order valence-electron chi connectivity index (χ1n) is 4.39. The van der Waals surface area contributed by atoms with Crippen LogP contribution in [0.2, 0.25) is 0 Å². The van der Waals surface area contributed by atoms with Crippen molar-refractivity contribution >= 4 is 11.9 Å². The Kier molecular flexibility index (Phi) is 3.97. The summed E-state index contributed by atoms with van der Waals surface area (Å²) >= 11 is 0. The van der Waals surface area contributed by atoms with Gasteiger partial charge in [-0.25, -0.2) is 9.78 Å². The number of nitrogens with zero attached hydrogens (tertiary/aromatic N) is 1. The molecule has 0 aromatic carbocycles. The molecule has 1 aromatic heterocycles. The van der Waals surface area contributed by atoms with Crippen LogP contribution in [-0.2, 0) is 0 Å². The molecule has 0 radical (unpaired) electrons. The van der Waals surface area contributed by atoms with Gasteiger partial charge in [0.1, 0.15) is 0 Å². The lowest BCUT2D eigenvalue weighted by atomic mass is 10.2. The molecule has 0 saturated heterocycles. The molecule has 1 amide bonds. The molecule has 8 nitrogen and oxygen atoms in total. The van der Waals surface area contributed by atoms with Crippen molar-refractivity contribution < 1.29 is 24.9 Å². The molecule has 0 aliphatic carbocycles. The van der Waals surface area contributed by atoms with Crippen LogP contribution in [0, 0.1) is 0 Å². The number of carbonyl (C=O) groups excluding carboxylic acids is 1. The second-order valence-corrected chi connectivity index (χ2v) is 2.97. The smallest absolute Gasteiger partial charge is 0.354 e. The Bertz CT molecular complexity index is 385. The molecule has 8 heteroatoms. The Balaban J connectivity index is 2.80. The Morgan fingerprint density at radius 3 is 2.56 bits per heavy atom. The first-order valence-corrected chi connectivity index (χ1v) is 4.39. The fourth-order valence-electron chi connectivity index (χ4n) is 1.03. The predicted octanol–water partition coefficient (Wildman–Crippen LogP) is -1.81. The number of H-pyrrole nitrogens is 1. The number of aliphatic hydroxyl groups excluding tert-OH is 2. The van der Waals surface area contributed by atoms with Gasteiger partial charge in [-0.2, -0.15) is 0 Å². The lowest BCUT2D eigenvalue weighted by molar-refractivity contribution is 0.0683. The van der Waals surface area contributed by atoms with Crippen molar-refractivity contribution in [2.24, 2.45) is 0 Å². The van der Waals surface area contributed by atoms with Gasteiger partial charge in [0, 0.05) is 0 Å². The number of amides is 1. The number of carboxylic acids is 1. The van der Waals surface area contributed by atoms with E-state index in [0.29, 0.717) is 0 Å². The number of hydrogen-bond donors (Lipinski definition) is 5. The van der Waals surface area contributed by atoms with E-state index in [1.807, 2.05) is 0 Å². The third-order valence-electron chi connectivity index (χ3n) is 1.84. The number of imidazole rings is 1. The molecular formula is C8H11N3O5. The summed E-state index contributed by atoms with van der Waals surface area (Å²) in [6, 6.07) is -0.842. The molecule has 88 valence electrons. The molecule has 0 saturated carbocycles. The van der Waals surface area contributed by atoms with Crippen LogP contribution in [-0.4, -0.2) is 56.4 Å². The Morgan fingerprint density at radius 1 is 1.44 bits per heavy atom. The largest absolute Gasteiger partial charge is 0.477 e. The number of nitrogens with one attached hydrogen (secondary N) is 2. The summed E-state index contributed by atoms with van der Waals surface area (Å²) in [7, 11) is 0. The zero-order chi connectivity index (χ0) is 12.1. The second kappa shape index (κ2) is 5.24. The number of aromatic nitrogens is 2. The molecule has 0 atom stereocenters. The molecule has 0 aliphatic heterocycles. The summed E-state index contributed by atoms with van der Waals surface area (Å²) in [5.41, 5.74) is -0.633. The first-order chi connectivity index (χ1) is 7.60. The Labute approximate surface area is 89.9 Å². The Morgan fingerprint density at radius 2 is 2.06 bits per heavy atom. The van der Waals surface area contributed by atoms with Crippen LogP contribution in [0.25, 0.3) is 0 Å². The van der Waals surface area contributed by atoms with Gasteiger partial charge in [-0.05, 0) is 0 Å². The number of carbonyl (C=O) groups is 2. The van der Waals surface area contributed by atoms with E-state index < -0.39 is 31.1 Å². The van der Waals surface area contributed by atoms with Crippen LogP contribution in [0.3, 0.4) is 0 Å². The van der Waals surface area contributed by atoms with Crippen molar-refractivity contribution in [2.45, 2.75) is 6.04 Å². The maximum atomic E-state index is 11.5. The average molecular weight is 229 g/mol. The molecule has 5 N–H and O–H groups in total. The van der Waals surface area contributed by atoms with E-state index in [0.717, 1.165) is 6.33 Å². The van der Waals surface area contributed by atoms with Crippen molar-refractivity contribution in [3.63, 3.8) is 0 Å². The van der Waals surface area contributed by atoms with Crippen LogP contribution >= 0.6 is 0 Å². The topological polar surface area (TPSA) is 136 Å². The van der Waals surface area contributed by atoms with E-state index in [-0.39, 0.29) is 11.4 Å². The molecule has 1 heterocycles. The summed E-state index contributed by atoms with van der Waals surface area (Å²) in [5, 5.41) is 28.4. The number of aromatic amines is 1. The average Bonchev–Trinajstić information content (AvgIpc) is 2.74. The third kappa shape index (κ3) is 2.55. The van der Waals surface area contributed by atoms with Gasteiger partial charge in [0.15, 0.2) is 11.4 Å². The van der Waals surface area contributed by atoms with E-state index >= 15 is 0 Å². The maximum absolute atomic E-state index is 11.5. The van der Waals surface area contributed by atoms with Crippen molar-refractivity contribution in [1.29, 1.82) is 0 Å². The lowest BCUT2D eigenvalue weighted by Crippen LogP contribution is -2.40. The van der Waals surface area contributed by atoms with Crippen LogP contribution in [0.4, 0.5) is 0 Å². The van der Waals surface area contributed by atoms with E-state index in [1.165, 1.54) is 0 Å². The summed E-state index contributed by atoms with van der Waals surface area (Å²) in [6.07, 6.45) is 1.07. The standard InChI is InChI=1S/C8H11N3O5/c12-1-4(2-13)11-7(14)5-6(8(15)16)10-3-9-5/h3-4,12-13H,1-2H2,(H,9,10)(H,11,14)(H,15,16). The third-order valence-corrected chi connectivity index (χ3v) is 1.84. The van der Waals surface area contributed by atoms with Gasteiger partial charge >= 0.3 is 5.97 Å². The zero-order valence-corrected chi connectivity index (χ0v) is 8.17. The van der Waals surface area contributed by atoms with Crippen molar-refractivity contribution in [3.05, 3.63) is 17.7 Å². The molecule has 0 fully saturated rings. The second-order valence-electron chi connectivity index (χ2n) is 2.97. The highest BCUT2D eigenvalue weighted by atomic mass is 16.4. The molecule has 1 aromatic rings. The minimum atomic E-state index is -1.31. The van der Waals surface area contributed by atoms with Crippen LogP contribution in [0.5, 0.6) is 0 Å². The summed E-state index contributed by atoms with van der Waals surface area (Å²) in [6.45, 7) is -0.899. The SMILES string of the molecule is O=C(NC(CO)CO)c1nc[nH]c1C(=O)O. The van der Waals surface area contributed by atoms with Crippen molar-refractivity contribution in [1.82, 2.24) is 15.3 Å². The van der Waals surface area contributed by atoms with Gasteiger partial charge in [-0.15, -0.1) is 0 Å². The van der Waals surface area contributed by atoms with Gasteiger partial charge in [0.05, 0.1) is 25.6 Å². The number of aliphatic hydroxyl groups is 2. The Hall–Kier alpha value is -1.93. The number of carboxylic acid groups (broad SMARTS) is 1. The van der Waals surface area contributed by atoms with Gasteiger partial charge < -0.3 is 25.6 Å². The molecule has 0 unspecified atom stereocenters. The minimum Gasteiger partial charge on any atom is -0.477 e. The van der Waals surface area contributed by atoms with Crippen LogP contribution < -0.4 is 5.32 Å². The van der Waals surface area contributed by atoms with Gasteiger partial charge in [-0.1, -0.05) is 0 Å². The quantitative estimate of drug-likeness (QED) is 0.404. The van der Waals surface area contributed by atoms with Crippen LogP contribution in [0.15, 0.2) is 6.33 Å². The molecule has 0 bridgehead atoms. The molecule has 0 spiro atoms. The molecule has 16 heavy (non-hydrogen) atoms. The fourth-order valence-corrected chi connectivity index (χ4v) is 1.03. The lowest BCUT2D eigenvalue weighted by Gasteiger charge is -2.12. The van der Waals surface area contributed by atoms with Gasteiger partial charge in [0.25, 0.3) is 5.91 Å². The molecule has 0 aliphatic rings. The zero-order valence-electron chi connectivity index (χ0n) is 8.17. The van der Waals surface area contributed by atoms with Crippen molar-refractivity contribution in [2.75, 3.05) is 13.2 Å². The normalized spacial score (nSPS) is 10.4. The first kappa shape index (κ1) is 12.1. The predicted molar refractivity (Wildman–Crippen MR) is 51.0 cm³/mol. The molecular weight excluding hydrogens is 218 g/mol. The van der Waals surface area contributed by atoms with E-state index in [1.54, 1.807) is 0 Å². The van der Waals surface area contributed by atoms with E-state index in [9.17, 15) is 9.59 Å². The number of aromatic carboxylic acids is 1. The highest BCUT2D eigenvalue weighted by Gasteiger charge is 2.21. The summed E-state index contributed by atoms with van der Waals surface area (Å²) in [4.78, 5) is 28.0. The van der Waals surface area contributed by atoms with Gasteiger partial charge in [0.2, 0.25) is 0 Å². The van der Waals surface area contributed by atoms with E-state index in [2.05, 4.69) is 15.3 Å². The number of hydrogen-bond acceptors (Lipinski definition) is 5. The molecule has 1 rings (SSSR count). The van der Waals surface area contributed by atoms with Crippen molar-refractivity contribution in [3.8, 4) is 0 Å². The summed E-state index contributed by atoms with van der Waals surface area (Å²) in [5.74, 6) is -2.08. The maximum Gasteiger partial charge on any atom is 0.354 e. The van der Waals surface area contributed by atoms with Crippen LogP contribution in [0.1, 0.15) is 21.0 Å². The number of rotatable bonds is 5. The monoisotopic (exact) mass is 229 g/mol. The summed E-state index contributed by atoms with van der Waals surface area (Å²) < 4.78 is 0. The fraction of sp³-hybridized carbons (Fsp3) is 0.375. The van der Waals surface area contributed by atoms with E-state index in [4.69, 9.17) is 15.3 Å². The highest BCUT2D eigenvalue weighted by Crippen LogP contribution is 2.02. The highest BCUT2D eigenvalue weighted by molar-refractivity contribution is 6.02. The van der Waals surface area contributed by atoms with Gasteiger partial charge in [-0.3, -0.25) is 4.79 Å². The minimum absolute atomic E-state index is 0.292.